The predicted molar refractivity (Wildman–Crippen MR) is 83.4 cm³/mol. The minimum absolute atomic E-state index is 0.134. The number of carbonyl (C=O) groups is 1. The van der Waals surface area contributed by atoms with Crippen LogP contribution in [0.2, 0.25) is 0 Å². The average molecular weight is 311 g/mol. The van der Waals surface area contributed by atoms with E-state index in [0.717, 1.165) is 65.4 Å². The highest BCUT2D eigenvalue weighted by molar-refractivity contribution is 5.82. The van der Waals surface area contributed by atoms with Gasteiger partial charge in [-0.25, -0.2) is 0 Å². The molecule has 3 rings (SSSR count). The number of hydrogen-bond acceptors (Lipinski definition) is 5. The zero-order valence-electron chi connectivity index (χ0n) is 13.6. The number of rotatable bonds is 3. The summed E-state index contributed by atoms with van der Waals surface area (Å²) in [6.07, 6.45) is 1.81. The molecule has 126 valence electrons. The van der Waals surface area contributed by atoms with Gasteiger partial charge in [-0.3, -0.25) is 9.69 Å². The lowest BCUT2D eigenvalue weighted by Gasteiger charge is -2.34. The second-order valence-corrected chi connectivity index (χ2v) is 6.91. The van der Waals surface area contributed by atoms with Gasteiger partial charge in [-0.15, -0.1) is 0 Å². The van der Waals surface area contributed by atoms with Gasteiger partial charge < -0.3 is 20.1 Å². The molecule has 3 atom stereocenters. The molecule has 3 aliphatic rings. The van der Waals surface area contributed by atoms with Gasteiger partial charge in [0.15, 0.2) is 0 Å². The number of nitrogens with zero attached hydrogens (tertiary/aromatic N) is 2. The zero-order chi connectivity index (χ0) is 15.5. The molecule has 2 N–H and O–H groups in total. The van der Waals surface area contributed by atoms with Crippen LogP contribution in [0.25, 0.3) is 0 Å². The van der Waals surface area contributed by atoms with Crippen LogP contribution in [-0.2, 0) is 14.3 Å². The average Bonchev–Trinajstić information content (AvgIpc) is 2.97. The molecule has 0 bridgehead atoms. The molecule has 22 heavy (non-hydrogen) atoms. The fourth-order valence-corrected chi connectivity index (χ4v) is 4.00. The summed E-state index contributed by atoms with van der Waals surface area (Å²) in [6, 6.07) is 0.0919. The van der Waals surface area contributed by atoms with E-state index in [1.165, 1.54) is 0 Å². The molecule has 3 fully saturated rings. The molecule has 0 aromatic heterocycles. The number of nitrogens with two attached hydrogens (primary N) is 1. The van der Waals surface area contributed by atoms with Crippen LogP contribution in [-0.4, -0.2) is 80.4 Å². The number of carbonyl (C=O) groups excluding carboxylic acids is 1. The van der Waals surface area contributed by atoms with Gasteiger partial charge in [-0.2, -0.15) is 0 Å². The molecule has 3 saturated heterocycles. The van der Waals surface area contributed by atoms with Crippen LogP contribution in [0.1, 0.15) is 19.8 Å². The molecule has 6 heteroatoms. The van der Waals surface area contributed by atoms with E-state index in [4.69, 9.17) is 15.2 Å². The monoisotopic (exact) mass is 311 g/mol. The topological polar surface area (TPSA) is 68.0 Å². The van der Waals surface area contributed by atoms with Crippen molar-refractivity contribution in [2.24, 2.45) is 17.6 Å². The minimum atomic E-state index is -0.362. The second kappa shape index (κ2) is 7.25. The maximum Gasteiger partial charge on any atom is 0.239 e. The number of hydrogen-bond donors (Lipinski definition) is 1. The van der Waals surface area contributed by atoms with Gasteiger partial charge in [-0.05, 0) is 24.7 Å². The summed E-state index contributed by atoms with van der Waals surface area (Å²) in [6.45, 7) is 8.92. The number of ether oxygens (including phenoxy) is 2. The fourth-order valence-electron chi connectivity index (χ4n) is 4.00. The van der Waals surface area contributed by atoms with Crippen molar-refractivity contribution in [2.45, 2.75) is 31.8 Å². The van der Waals surface area contributed by atoms with Crippen LogP contribution in [0.4, 0.5) is 0 Å². The summed E-state index contributed by atoms with van der Waals surface area (Å²) >= 11 is 0. The smallest absolute Gasteiger partial charge is 0.239 e. The number of amides is 1. The molecular formula is C16H29N3O3. The van der Waals surface area contributed by atoms with Crippen molar-refractivity contribution in [2.75, 3.05) is 52.6 Å². The number of likely N-dealkylation sites (tertiary alicyclic amines) is 1. The summed E-state index contributed by atoms with van der Waals surface area (Å²) in [5.74, 6) is 0.914. The highest BCUT2D eigenvalue weighted by atomic mass is 16.5. The van der Waals surface area contributed by atoms with Crippen LogP contribution in [0.15, 0.2) is 0 Å². The molecule has 3 unspecified atom stereocenters. The first-order chi connectivity index (χ1) is 10.7. The van der Waals surface area contributed by atoms with Crippen molar-refractivity contribution in [3.63, 3.8) is 0 Å². The van der Waals surface area contributed by atoms with Gasteiger partial charge in [-0.1, -0.05) is 6.92 Å². The molecule has 0 saturated carbocycles. The Morgan fingerprint density at radius 1 is 1.09 bits per heavy atom. The maximum absolute atomic E-state index is 12.7. The second-order valence-electron chi connectivity index (χ2n) is 6.91. The van der Waals surface area contributed by atoms with Crippen molar-refractivity contribution in [1.29, 1.82) is 0 Å². The minimum Gasteiger partial charge on any atom is -0.381 e. The maximum atomic E-state index is 12.7. The first-order valence-corrected chi connectivity index (χ1v) is 8.60. The van der Waals surface area contributed by atoms with Gasteiger partial charge in [0.2, 0.25) is 5.91 Å². The van der Waals surface area contributed by atoms with Crippen LogP contribution >= 0.6 is 0 Å². The fraction of sp³-hybridized carbons (Fsp3) is 0.938. The third-order valence-corrected chi connectivity index (χ3v) is 5.46. The van der Waals surface area contributed by atoms with E-state index in [-0.39, 0.29) is 17.9 Å². The van der Waals surface area contributed by atoms with Crippen LogP contribution in [0, 0.1) is 11.8 Å². The third-order valence-electron chi connectivity index (χ3n) is 5.46. The number of morpholine rings is 1. The lowest BCUT2D eigenvalue weighted by Crippen LogP contribution is -2.50. The summed E-state index contributed by atoms with van der Waals surface area (Å²) in [5, 5.41) is 0. The molecule has 0 aliphatic carbocycles. The van der Waals surface area contributed by atoms with Crippen molar-refractivity contribution < 1.29 is 14.3 Å². The van der Waals surface area contributed by atoms with E-state index in [1.807, 2.05) is 4.90 Å². The van der Waals surface area contributed by atoms with Gasteiger partial charge in [0, 0.05) is 45.4 Å². The Labute approximate surface area is 132 Å². The predicted octanol–water partition coefficient (Wildman–Crippen LogP) is -0.0806. The molecule has 0 spiro atoms. The summed E-state index contributed by atoms with van der Waals surface area (Å²) in [5.41, 5.74) is 6.26. The van der Waals surface area contributed by atoms with Crippen molar-refractivity contribution in [1.82, 2.24) is 9.80 Å². The van der Waals surface area contributed by atoms with E-state index in [2.05, 4.69) is 11.8 Å². The Morgan fingerprint density at radius 2 is 1.73 bits per heavy atom. The molecule has 0 aromatic rings. The Hall–Kier alpha value is -0.690. The van der Waals surface area contributed by atoms with Crippen LogP contribution < -0.4 is 5.73 Å². The van der Waals surface area contributed by atoms with Crippen molar-refractivity contribution in [3.8, 4) is 0 Å². The third kappa shape index (κ3) is 3.45. The Kier molecular flexibility index (Phi) is 5.33. The van der Waals surface area contributed by atoms with E-state index in [1.54, 1.807) is 0 Å². The zero-order valence-corrected chi connectivity index (χ0v) is 13.6. The summed E-state index contributed by atoms with van der Waals surface area (Å²) in [4.78, 5) is 17.2. The SMILES string of the molecule is CC1CN(C(=O)C(N)C2CCOCC2)CC1N1CCOCC1. The molecule has 0 radical (unpaired) electrons. The van der Waals surface area contributed by atoms with E-state index < -0.39 is 0 Å². The van der Waals surface area contributed by atoms with E-state index in [0.29, 0.717) is 12.0 Å². The Morgan fingerprint density at radius 3 is 2.41 bits per heavy atom. The Balaban J connectivity index is 1.56. The lowest BCUT2D eigenvalue weighted by molar-refractivity contribution is -0.134. The van der Waals surface area contributed by atoms with Crippen molar-refractivity contribution in [3.05, 3.63) is 0 Å². The highest BCUT2D eigenvalue weighted by Gasteiger charge is 2.39. The lowest BCUT2D eigenvalue weighted by atomic mass is 9.91. The molecule has 0 aromatic carbocycles. The highest BCUT2D eigenvalue weighted by Crippen LogP contribution is 2.25. The van der Waals surface area contributed by atoms with Gasteiger partial charge in [0.25, 0.3) is 0 Å². The largest absolute Gasteiger partial charge is 0.381 e. The van der Waals surface area contributed by atoms with Crippen LogP contribution in [0.5, 0.6) is 0 Å². The first-order valence-electron chi connectivity index (χ1n) is 8.60. The molecule has 1 amide bonds. The summed E-state index contributed by atoms with van der Waals surface area (Å²) < 4.78 is 10.8. The van der Waals surface area contributed by atoms with Gasteiger partial charge in [0.05, 0.1) is 19.3 Å². The molecule has 3 heterocycles. The normalized spacial score (nSPS) is 33.1. The van der Waals surface area contributed by atoms with E-state index in [9.17, 15) is 4.79 Å². The van der Waals surface area contributed by atoms with E-state index >= 15 is 0 Å². The first kappa shape index (κ1) is 16.2. The van der Waals surface area contributed by atoms with Crippen molar-refractivity contribution >= 4 is 5.91 Å². The standard InChI is InChI=1S/C16H29N3O3/c1-12-10-19(11-14(12)18-4-8-22-9-5-18)16(20)15(17)13-2-6-21-7-3-13/h12-15H,2-11,17H2,1H3. The van der Waals surface area contributed by atoms with Gasteiger partial charge in [0.1, 0.15) is 0 Å². The van der Waals surface area contributed by atoms with Crippen LogP contribution in [0.3, 0.4) is 0 Å². The Bertz CT molecular complexity index is 381. The molecular weight excluding hydrogens is 282 g/mol. The van der Waals surface area contributed by atoms with Gasteiger partial charge >= 0.3 is 0 Å². The summed E-state index contributed by atoms with van der Waals surface area (Å²) in [7, 11) is 0. The molecule has 3 aliphatic heterocycles. The quantitative estimate of drug-likeness (QED) is 0.789. The molecule has 6 nitrogen and oxygen atoms in total.